The molecule has 3 aromatic carbocycles. The van der Waals surface area contributed by atoms with Crippen LogP contribution in [0.1, 0.15) is 18.4 Å². The van der Waals surface area contributed by atoms with Crippen LogP contribution in [0.3, 0.4) is 0 Å². The molecule has 0 spiro atoms. The zero-order chi connectivity index (χ0) is 26.0. The van der Waals surface area contributed by atoms with Crippen LogP contribution in [0.5, 0.6) is 0 Å². The number of anilines is 2. The van der Waals surface area contributed by atoms with E-state index in [2.05, 4.69) is 10.5 Å². The topological polar surface area (TPSA) is 125 Å². The fraction of sp³-hybridized carbons (Fsp3) is 0.200. The first-order valence-electron chi connectivity index (χ1n) is 11.0. The summed E-state index contributed by atoms with van der Waals surface area (Å²) in [5.74, 6) is -2.14. The number of nitrogens with zero attached hydrogens (tertiary/aromatic N) is 2. The molecule has 1 heterocycles. The highest BCUT2D eigenvalue weighted by atomic mass is 32.2. The summed E-state index contributed by atoms with van der Waals surface area (Å²) in [6.45, 7) is 0.298. The minimum Gasteiger partial charge on any atom is -0.409 e. The standard InChI is InChI=1S/C25H24F2N4O4S/c1-36(34,35)23-7-3-2-5-17(23)15-8-11-22(20(27)13-15)31-12-4-6-21(25(31)32)29-16-9-10-19(26)18(14-16)24(28)30-33/h2-3,5,7-11,13-14,21,29,33H,4,6,12H2,1H3,(H2,28,30). The average Bonchev–Trinajstić information content (AvgIpc) is 2.85. The highest BCUT2D eigenvalue weighted by Crippen LogP contribution is 2.32. The summed E-state index contributed by atoms with van der Waals surface area (Å²) in [5, 5.41) is 14.7. The Morgan fingerprint density at radius 3 is 2.56 bits per heavy atom. The summed E-state index contributed by atoms with van der Waals surface area (Å²) in [6, 6.07) is 13.7. The van der Waals surface area contributed by atoms with Gasteiger partial charge in [-0.1, -0.05) is 29.4 Å². The van der Waals surface area contributed by atoms with Gasteiger partial charge in [0.25, 0.3) is 0 Å². The van der Waals surface area contributed by atoms with Crippen molar-refractivity contribution in [1.82, 2.24) is 0 Å². The van der Waals surface area contributed by atoms with E-state index >= 15 is 4.39 Å². The van der Waals surface area contributed by atoms with E-state index in [9.17, 15) is 17.6 Å². The first-order chi connectivity index (χ1) is 17.1. The lowest BCUT2D eigenvalue weighted by Crippen LogP contribution is -2.48. The summed E-state index contributed by atoms with van der Waals surface area (Å²) < 4.78 is 53.5. The molecule has 0 aliphatic carbocycles. The lowest BCUT2D eigenvalue weighted by molar-refractivity contribution is -0.120. The molecular formula is C25H24F2N4O4S. The maximum atomic E-state index is 15.2. The van der Waals surface area contributed by atoms with Crippen LogP contribution in [0.4, 0.5) is 20.2 Å². The Morgan fingerprint density at radius 2 is 1.86 bits per heavy atom. The molecule has 0 saturated carbocycles. The Bertz CT molecular complexity index is 1460. The molecule has 0 aromatic heterocycles. The Labute approximate surface area is 207 Å². The number of halogens is 2. The Hall–Kier alpha value is -3.99. The van der Waals surface area contributed by atoms with Crippen LogP contribution in [0.15, 0.2) is 70.7 Å². The zero-order valence-electron chi connectivity index (χ0n) is 19.3. The minimum absolute atomic E-state index is 0.0727. The predicted molar refractivity (Wildman–Crippen MR) is 133 cm³/mol. The van der Waals surface area contributed by atoms with E-state index in [1.807, 2.05) is 0 Å². The van der Waals surface area contributed by atoms with Gasteiger partial charge in [-0.05, 0) is 54.8 Å². The van der Waals surface area contributed by atoms with Crippen LogP contribution in [0.2, 0.25) is 0 Å². The molecule has 4 rings (SSSR count). The van der Waals surface area contributed by atoms with Crippen molar-refractivity contribution in [1.29, 1.82) is 0 Å². The van der Waals surface area contributed by atoms with Crippen molar-refractivity contribution >= 4 is 33.0 Å². The largest absolute Gasteiger partial charge is 0.409 e. The van der Waals surface area contributed by atoms with Gasteiger partial charge in [-0.15, -0.1) is 0 Å². The maximum Gasteiger partial charge on any atom is 0.249 e. The van der Waals surface area contributed by atoms with Crippen molar-refractivity contribution in [3.63, 3.8) is 0 Å². The number of carbonyl (C=O) groups is 1. The van der Waals surface area contributed by atoms with Gasteiger partial charge in [-0.2, -0.15) is 0 Å². The number of rotatable bonds is 6. The third kappa shape index (κ3) is 5.01. The molecular weight excluding hydrogens is 490 g/mol. The van der Waals surface area contributed by atoms with Gasteiger partial charge in [0.15, 0.2) is 15.7 Å². The number of oxime groups is 1. The number of hydrogen-bond donors (Lipinski definition) is 3. The molecule has 1 aliphatic rings. The molecule has 1 fully saturated rings. The smallest absolute Gasteiger partial charge is 0.249 e. The second-order valence-corrected chi connectivity index (χ2v) is 10.4. The minimum atomic E-state index is -3.53. The van der Waals surface area contributed by atoms with Gasteiger partial charge in [0, 0.05) is 24.1 Å². The van der Waals surface area contributed by atoms with Gasteiger partial charge in [0.2, 0.25) is 5.91 Å². The maximum absolute atomic E-state index is 15.2. The number of nitrogens with two attached hydrogens (primary N) is 1. The number of nitrogens with one attached hydrogen (secondary N) is 1. The van der Waals surface area contributed by atoms with Crippen molar-refractivity contribution in [2.45, 2.75) is 23.8 Å². The summed E-state index contributed by atoms with van der Waals surface area (Å²) in [5.41, 5.74) is 6.58. The van der Waals surface area contributed by atoms with Gasteiger partial charge < -0.3 is 21.2 Å². The van der Waals surface area contributed by atoms with Crippen LogP contribution in [0.25, 0.3) is 11.1 Å². The summed E-state index contributed by atoms with van der Waals surface area (Å²) in [7, 11) is -3.53. The lowest BCUT2D eigenvalue weighted by Gasteiger charge is -2.33. The van der Waals surface area contributed by atoms with Crippen molar-refractivity contribution in [3.05, 3.63) is 77.9 Å². The van der Waals surface area contributed by atoms with Crippen molar-refractivity contribution in [3.8, 4) is 11.1 Å². The SMILES string of the molecule is CS(=O)(=O)c1ccccc1-c1ccc(N2CCCC(Nc3ccc(F)c(/C(N)=N\O)c3)C2=O)c(F)c1. The Morgan fingerprint density at radius 1 is 1.11 bits per heavy atom. The number of piperidine rings is 1. The Kier molecular flexibility index (Phi) is 6.93. The van der Waals surface area contributed by atoms with E-state index in [0.717, 1.165) is 12.3 Å². The van der Waals surface area contributed by atoms with Crippen molar-refractivity contribution in [2.24, 2.45) is 10.9 Å². The molecule has 1 unspecified atom stereocenters. The van der Waals surface area contributed by atoms with E-state index in [1.165, 1.54) is 35.2 Å². The summed E-state index contributed by atoms with van der Waals surface area (Å²) >= 11 is 0. The third-order valence-electron chi connectivity index (χ3n) is 5.97. The average molecular weight is 515 g/mol. The number of carbonyl (C=O) groups excluding carboxylic acids is 1. The molecule has 11 heteroatoms. The molecule has 36 heavy (non-hydrogen) atoms. The molecule has 1 amide bonds. The van der Waals surface area contributed by atoms with E-state index in [4.69, 9.17) is 10.9 Å². The monoisotopic (exact) mass is 514 g/mol. The molecule has 1 aliphatic heterocycles. The van der Waals surface area contributed by atoms with Gasteiger partial charge in [0.1, 0.15) is 17.7 Å². The molecule has 188 valence electrons. The number of amides is 1. The normalized spacial score (nSPS) is 16.8. The van der Waals surface area contributed by atoms with E-state index < -0.39 is 33.3 Å². The molecule has 3 aromatic rings. The van der Waals surface area contributed by atoms with Crippen LogP contribution >= 0.6 is 0 Å². The van der Waals surface area contributed by atoms with Gasteiger partial charge in [-0.25, -0.2) is 17.2 Å². The van der Waals surface area contributed by atoms with Gasteiger partial charge >= 0.3 is 0 Å². The number of amidine groups is 1. The van der Waals surface area contributed by atoms with Gasteiger partial charge in [0.05, 0.1) is 16.1 Å². The molecule has 0 radical (unpaired) electrons. The second kappa shape index (κ2) is 9.94. The van der Waals surface area contributed by atoms with Crippen LogP contribution in [-0.2, 0) is 14.6 Å². The van der Waals surface area contributed by atoms with Crippen molar-refractivity contribution in [2.75, 3.05) is 23.0 Å². The van der Waals surface area contributed by atoms with E-state index in [1.54, 1.807) is 24.3 Å². The molecule has 8 nitrogen and oxygen atoms in total. The molecule has 1 atom stereocenters. The quantitative estimate of drug-likeness (QED) is 0.199. The highest BCUT2D eigenvalue weighted by molar-refractivity contribution is 7.90. The fourth-order valence-corrected chi connectivity index (χ4v) is 5.15. The van der Waals surface area contributed by atoms with Crippen LogP contribution < -0.4 is 16.0 Å². The van der Waals surface area contributed by atoms with Gasteiger partial charge in [-0.3, -0.25) is 4.79 Å². The van der Waals surface area contributed by atoms with Crippen molar-refractivity contribution < 1.29 is 27.2 Å². The Balaban J connectivity index is 1.60. The summed E-state index contributed by atoms with van der Waals surface area (Å²) in [4.78, 5) is 14.6. The van der Waals surface area contributed by atoms with Crippen LogP contribution in [-0.4, -0.2) is 44.2 Å². The highest BCUT2D eigenvalue weighted by Gasteiger charge is 2.31. The molecule has 4 N–H and O–H groups in total. The third-order valence-corrected chi connectivity index (χ3v) is 7.12. The van der Waals surface area contributed by atoms with Crippen LogP contribution in [0, 0.1) is 11.6 Å². The first-order valence-corrected chi connectivity index (χ1v) is 12.9. The first kappa shape index (κ1) is 25.1. The summed E-state index contributed by atoms with van der Waals surface area (Å²) in [6.07, 6.45) is 2.13. The van der Waals surface area contributed by atoms with E-state index in [-0.39, 0.29) is 22.1 Å². The number of benzene rings is 3. The van der Waals surface area contributed by atoms with E-state index in [0.29, 0.717) is 36.2 Å². The fourth-order valence-electron chi connectivity index (χ4n) is 4.24. The molecule has 1 saturated heterocycles. The predicted octanol–water partition coefficient (Wildman–Crippen LogP) is 3.74. The number of sulfone groups is 1. The molecule has 0 bridgehead atoms. The lowest BCUT2D eigenvalue weighted by atomic mass is 10.0. The zero-order valence-corrected chi connectivity index (χ0v) is 20.1. The second-order valence-electron chi connectivity index (χ2n) is 8.44. The number of hydrogen-bond acceptors (Lipinski definition) is 6.